The van der Waals surface area contributed by atoms with E-state index in [1.165, 1.54) is 12.1 Å². The summed E-state index contributed by atoms with van der Waals surface area (Å²) in [6, 6.07) is 11.9. The molecule has 0 saturated carbocycles. The fourth-order valence-electron chi connectivity index (χ4n) is 2.91. The second kappa shape index (κ2) is 7.34. The normalized spacial score (nSPS) is 12.8. The van der Waals surface area contributed by atoms with Gasteiger partial charge in [-0.05, 0) is 47.8 Å². The van der Waals surface area contributed by atoms with E-state index in [0.29, 0.717) is 24.9 Å². The predicted octanol–water partition coefficient (Wildman–Crippen LogP) is 2.50. The van der Waals surface area contributed by atoms with Gasteiger partial charge in [-0.25, -0.2) is 9.37 Å². The van der Waals surface area contributed by atoms with Crippen LogP contribution in [0.15, 0.2) is 48.7 Å². The van der Waals surface area contributed by atoms with Gasteiger partial charge in [-0.3, -0.25) is 0 Å². The maximum Gasteiger partial charge on any atom is 0.491 e. The quantitative estimate of drug-likeness (QED) is 0.604. The minimum Gasteiger partial charge on any atom is -0.423 e. The summed E-state index contributed by atoms with van der Waals surface area (Å²) in [5.74, 6) is 0.911. The first-order valence-corrected chi connectivity index (χ1v) is 8.60. The maximum absolute atomic E-state index is 13.0. The van der Waals surface area contributed by atoms with E-state index >= 15 is 0 Å². The Hall–Kier alpha value is -2.97. The van der Waals surface area contributed by atoms with Gasteiger partial charge in [-0.15, -0.1) is 0 Å². The summed E-state index contributed by atoms with van der Waals surface area (Å²) in [4.78, 5) is 8.84. The molecule has 0 radical (unpaired) electrons. The lowest BCUT2D eigenvalue weighted by Gasteiger charge is -2.11. The molecule has 0 aliphatic carbocycles. The molecule has 3 N–H and O–H groups in total. The summed E-state index contributed by atoms with van der Waals surface area (Å²) < 4.78 is 18.2. The summed E-state index contributed by atoms with van der Waals surface area (Å²) in [7, 11) is -0.855. The van der Waals surface area contributed by atoms with Crippen molar-refractivity contribution in [1.29, 1.82) is 0 Å². The first kappa shape index (κ1) is 17.4. The molecule has 27 heavy (non-hydrogen) atoms. The number of nitrogens with one attached hydrogen (secondary N) is 2. The lowest BCUT2D eigenvalue weighted by molar-refractivity contribution is 0.275. The molecule has 0 fully saturated rings. The van der Waals surface area contributed by atoms with Crippen molar-refractivity contribution in [2.45, 2.75) is 20.1 Å². The van der Waals surface area contributed by atoms with Crippen molar-refractivity contribution in [3.05, 3.63) is 71.2 Å². The fourth-order valence-corrected chi connectivity index (χ4v) is 2.91. The van der Waals surface area contributed by atoms with Crippen LogP contribution in [0, 0.1) is 12.7 Å². The van der Waals surface area contributed by atoms with E-state index < -0.39 is 7.12 Å². The van der Waals surface area contributed by atoms with Crippen molar-refractivity contribution in [3.63, 3.8) is 0 Å². The van der Waals surface area contributed by atoms with Gasteiger partial charge in [0.15, 0.2) is 0 Å². The third-order valence-electron chi connectivity index (χ3n) is 4.41. The van der Waals surface area contributed by atoms with E-state index in [9.17, 15) is 9.41 Å². The average Bonchev–Trinajstić information content (AvgIpc) is 3.04. The molecule has 0 bridgehead atoms. The van der Waals surface area contributed by atoms with Crippen molar-refractivity contribution in [2.24, 2.45) is 0 Å². The molecule has 4 rings (SSSR count). The second-order valence-electron chi connectivity index (χ2n) is 6.41. The first-order chi connectivity index (χ1) is 13.1. The summed E-state index contributed by atoms with van der Waals surface area (Å²) in [6.45, 7) is 2.84. The Morgan fingerprint density at radius 3 is 2.85 bits per heavy atom. The lowest BCUT2D eigenvalue weighted by Crippen LogP contribution is -2.27. The minimum absolute atomic E-state index is 0.254. The van der Waals surface area contributed by atoms with Crippen LogP contribution >= 0.6 is 0 Å². The van der Waals surface area contributed by atoms with Gasteiger partial charge in [0.2, 0.25) is 5.95 Å². The van der Waals surface area contributed by atoms with Crippen LogP contribution in [0.1, 0.15) is 16.7 Å². The van der Waals surface area contributed by atoms with Crippen molar-refractivity contribution in [1.82, 2.24) is 9.97 Å². The number of hydrogen-bond acceptors (Lipinski definition) is 6. The molecule has 6 nitrogen and oxygen atoms in total. The Morgan fingerprint density at radius 1 is 1.22 bits per heavy atom. The highest BCUT2D eigenvalue weighted by molar-refractivity contribution is 6.61. The van der Waals surface area contributed by atoms with Crippen LogP contribution in [0.25, 0.3) is 0 Å². The van der Waals surface area contributed by atoms with E-state index in [1.807, 2.05) is 25.1 Å². The van der Waals surface area contributed by atoms with Crippen LogP contribution in [-0.4, -0.2) is 22.1 Å². The van der Waals surface area contributed by atoms with E-state index in [1.54, 1.807) is 18.3 Å². The number of aromatic nitrogens is 2. The van der Waals surface area contributed by atoms with E-state index in [0.717, 1.165) is 27.8 Å². The van der Waals surface area contributed by atoms with Crippen LogP contribution in [0.3, 0.4) is 0 Å². The van der Waals surface area contributed by atoms with Gasteiger partial charge in [-0.1, -0.05) is 18.2 Å². The fraction of sp³-hybridized carbons (Fsp3) is 0.158. The highest BCUT2D eigenvalue weighted by Crippen LogP contribution is 2.20. The van der Waals surface area contributed by atoms with Crippen LogP contribution in [-0.2, 0) is 17.8 Å². The van der Waals surface area contributed by atoms with Crippen molar-refractivity contribution >= 4 is 30.0 Å². The van der Waals surface area contributed by atoms with Gasteiger partial charge in [0.1, 0.15) is 11.6 Å². The molecule has 0 atom stereocenters. The van der Waals surface area contributed by atoms with E-state index in [2.05, 4.69) is 20.6 Å². The number of rotatable bonds is 5. The molecule has 2 heterocycles. The van der Waals surface area contributed by atoms with Gasteiger partial charge < -0.3 is 20.3 Å². The Morgan fingerprint density at radius 2 is 2.04 bits per heavy atom. The minimum atomic E-state index is -0.855. The number of fused-ring (bicyclic) bond motifs is 1. The SMILES string of the molecule is Cc1cnc(Nc2ccc3c(c2)COB3O)nc1NCc1ccc(F)cc1. The average molecular weight is 364 g/mol. The first-order valence-electron chi connectivity index (χ1n) is 8.60. The zero-order chi connectivity index (χ0) is 18.8. The Kier molecular flexibility index (Phi) is 4.74. The molecule has 1 aliphatic heterocycles. The molecule has 1 aliphatic rings. The van der Waals surface area contributed by atoms with E-state index in [-0.39, 0.29) is 5.82 Å². The number of hydrogen-bond donors (Lipinski definition) is 3. The van der Waals surface area contributed by atoms with Gasteiger partial charge in [0, 0.05) is 24.0 Å². The number of nitrogens with zero attached hydrogens (tertiary/aromatic N) is 2. The van der Waals surface area contributed by atoms with Gasteiger partial charge in [-0.2, -0.15) is 4.98 Å². The standard InChI is InChI=1S/C19H18BFN4O2/c1-12-9-23-19(24-16-6-7-17-14(8-16)11-27-20(17)26)25-18(12)22-10-13-2-4-15(21)5-3-13/h2-9,26H,10-11H2,1H3,(H2,22,23,24,25). The largest absolute Gasteiger partial charge is 0.491 e. The lowest BCUT2D eigenvalue weighted by atomic mass is 9.79. The number of halogens is 1. The Balaban J connectivity index is 1.48. The maximum atomic E-state index is 13.0. The van der Waals surface area contributed by atoms with Crippen LogP contribution < -0.4 is 16.1 Å². The van der Waals surface area contributed by atoms with Crippen LogP contribution in [0.5, 0.6) is 0 Å². The Bertz CT molecular complexity index is 968. The molecule has 0 spiro atoms. The zero-order valence-electron chi connectivity index (χ0n) is 14.7. The summed E-state index contributed by atoms with van der Waals surface area (Å²) in [5.41, 5.74) is 4.41. The monoisotopic (exact) mass is 364 g/mol. The molecule has 2 aromatic carbocycles. The molecule has 1 aromatic heterocycles. The van der Waals surface area contributed by atoms with Crippen molar-refractivity contribution < 1.29 is 14.1 Å². The van der Waals surface area contributed by atoms with Gasteiger partial charge in [0.25, 0.3) is 0 Å². The van der Waals surface area contributed by atoms with E-state index in [4.69, 9.17) is 4.65 Å². The topological polar surface area (TPSA) is 79.3 Å². The molecule has 3 aromatic rings. The molecule has 0 saturated heterocycles. The molecule has 0 unspecified atom stereocenters. The molecule has 0 amide bonds. The number of aryl methyl sites for hydroxylation is 1. The van der Waals surface area contributed by atoms with Crippen molar-refractivity contribution in [2.75, 3.05) is 10.6 Å². The number of benzene rings is 2. The highest BCUT2D eigenvalue weighted by atomic mass is 19.1. The molecule has 136 valence electrons. The third kappa shape index (κ3) is 3.91. The molecular formula is C19H18BFN4O2. The van der Waals surface area contributed by atoms with Crippen molar-refractivity contribution in [3.8, 4) is 0 Å². The second-order valence-corrected chi connectivity index (χ2v) is 6.41. The molecular weight excluding hydrogens is 346 g/mol. The summed E-state index contributed by atoms with van der Waals surface area (Å²) in [5, 5.41) is 16.1. The third-order valence-corrected chi connectivity index (χ3v) is 4.41. The highest BCUT2D eigenvalue weighted by Gasteiger charge is 2.27. The molecule has 8 heteroatoms. The van der Waals surface area contributed by atoms with Gasteiger partial charge >= 0.3 is 7.12 Å². The predicted molar refractivity (Wildman–Crippen MR) is 103 cm³/mol. The number of anilines is 3. The summed E-state index contributed by atoms with van der Waals surface area (Å²) in [6.07, 6.45) is 1.74. The Labute approximate surface area is 156 Å². The zero-order valence-corrected chi connectivity index (χ0v) is 14.7. The summed E-state index contributed by atoms with van der Waals surface area (Å²) >= 11 is 0. The van der Waals surface area contributed by atoms with Crippen LogP contribution in [0.2, 0.25) is 0 Å². The smallest absolute Gasteiger partial charge is 0.423 e. The van der Waals surface area contributed by atoms with Gasteiger partial charge in [0.05, 0.1) is 6.61 Å². The van der Waals surface area contributed by atoms with Crippen LogP contribution in [0.4, 0.5) is 21.8 Å².